The maximum Gasteiger partial charge on any atom is 0.133 e. The van der Waals surface area contributed by atoms with E-state index in [1.54, 1.807) is 0 Å². The number of anilines is 1. The average Bonchev–Trinajstić information content (AvgIpc) is 2.60. The Hall–Kier alpha value is -2.16. The number of rotatable bonds is 3. The van der Waals surface area contributed by atoms with Gasteiger partial charge in [0.1, 0.15) is 11.9 Å². The van der Waals surface area contributed by atoms with Crippen molar-refractivity contribution in [3.8, 4) is 6.07 Å². The number of nitrogens with zero attached hydrogens (tertiary/aromatic N) is 3. The predicted molar refractivity (Wildman–Crippen MR) is 96.2 cm³/mol. The molecule has 5 nitrogen and oxygen atoms in total. The number of aromatic nitrogens is 1. The third-order valence-electron chi connectivity index (χ3n) is 4.72. The Bertz CT molecular complexity index is 801. The van der Waals surface area contributed by atoms with Crippen LogP contribution in [0.15, 0.2) is 12.1 Å². The number of fused-ring (bicyclic) bond motifs is 1. The molecule has 0 amide bonds. The zero-order valence-electron chi connectivity index (χ0n) is 14.6. The van der Waals surface area contributed by atoms with Crippen LogP contribution in [0.3, 0.4) is 0 Å². The summed E-state index contributed by atoms with van der Waals surface area (Å²) < 4.78 is 5.45. The first-order valence-corrected chi connectivity index (χ1v) is 8.52. The monoisotopic (exact) mass is 324 g/mol. The number of pyridine rings is 1. The van der Waals surface area contributed by atoms with Gasteiger partial charge in [0.15, 0.2) is 0 Å². The summed E-state index contributed by atoms with van der Waals surface area (Å²) in [6, 6.07) is 6.35. The maximum atomic E-state index is 9.91. The van der Waals surface area contributed by atoms with Crippen molar-refractivity contribution in [1.82, 2.24) is 4.98 Å². The molecule has 1 unspecified atom stereocenters. The summed E-state index contributed by atoms with van der Waals surface area (Å²) in [6.45, 7) is 9.10. The van der Waals surface area contributed by atoms with E-state index in [1.165, 1.54) is 0 Å². The van der Waals surface area contributed by atoms with Gasteiger partial charge >= 0.3 is 0 Å². The van der Waals surface area contributed by atoms with Crippen molar-refractivity contribution in [2.24, 2.45) is 5.73 Å². The van der Waals surface area contributed by atoms with Crippen LogP contribution in [-0.2, 0) is 11.2 Å². The highest BCUT2D eigenvalue weighted by Gasteiger charge is 2.23. The van der Waals surface area contributed by atoms with E-state index < -0.39 is 0 Å². The molecule has 0 aliphatic carbocycles. The fourth-order valence-electron chi connectivity index (χ4n) is 3.59. The van der Waals surface area contributed by atoms with Crippen molar-refractivity contribution >= 4 is 16.7 Å². The quantitative estimate of drug-likeness (QED) is 0.939. The molecule has 2 heterocycles. The molecule has 1 atom stereocenters. The molecule has 1 aromatic heterocycles. The molecule has 24 heavy (non-hydrogen) atoms. The van der Waals surface area contributed by atoms with Crippen LogP contribution in [0.25, 0.3) is 10.9 Å². The minimum absolute atomic E-state index is 0.137. The van der Waals surface area contributed by atoms with Crippen molar-refractivity contribution in [1.29, 1.82) is 5.26 Å². The van der Waals surface area contributed by atoms with Gasteiger partial charge in [-0.2, -0.15) is 5.26 Å². The van der Waals surface area contributed by atoms with Gasteiger partial charge in [-0.3, -0.25) is 0 Å². The standard InChI is InChI=1S/C19H24N4O/c1-4-14-15(11-20)18-16(6-5-12(2)17(18)13(3)21)22-19(14)23-7-9-24-10-8-23/h5-6,13H,4,7-10,21H2,1-3H3. The van der Waals surface area contributed by atoms with Crippen molar-refractivity contribution in [3.63, 3.8) is 0 Å². The summed E-state index contributed by atoms with van der Waals surface area (Å²) in [5, 5.41) is 10.8. The number of hydrogen-bond donors (Lipinski definition) is 1. The van der Waals surface area contributed by atoms with E-state index >= 15 is 0 Å². The molecule has 0 bridgehead atoms. The molecule has 2 N–H and O–H groups in total. The Labute approximate surface area is 143 Å². The van der Waals surface area contributed by atoms with Crippen molar-refractivity contribution in [2.75, 3.05) is 31.2 Å². The van der Waals surface area contributed by atoms with Crippen LogP contribution in [0.4, 0.5) is 5.82 Å². The molecule has 0 spiro atoms. The number of nitriles is 1. The number of morpholine rings is 1. The van der Waals surface area contributed by atoms with Gasteiger partial charge in [-0.15, -0.1) is 0 Å². The number of aryl methyl sites for hydroxylation is 1. The van der Waals surface area contributed by atoms with Crippen LogP contribution < -0.4 is 10.6 Å². The second-order valence-electron chi connectivity index (χ2n) is 6.33. The lowest BCUT2D eigenvalue weighted by Gasteiger charge is -2.30. The van der Waals surface area contributed by atoms with Crippen molar-refractivity contribution in [3.05, 3.63) is 34.4 Å². The highest BCUT2D eigenvalue weighted by atomic mass is 16.5. The van der Waals surface area contributed by atoms with Crippen molar-refractivity contribution in [2.45, 2.75) is 33.2 Å². The number of benzene rings is 1. The van der Waals surface area contributed by atoms with Gasteiger partial charge < -0.3 is 15.4 Å². The molecule has 1 fully saturated rings. The highest BCUT2D eigenvalue weighted by Crippen LogP contribution is 2.34. The van der Waals surface area contributed by atoms with Gasteiger partial charge in [0, 0.05) is 30.1 Å². The zero-order valence-corrected chi connectivity index (χ0v) is 14.6. The van der Waals surface area contributed by atoms with E-state index in [9.17, 15) is 5.26 Å². The Morgan fingerprint density at radius 2 is 2.08 bits per heavy atom. The first-order valence-electron chi connectivity index (χ1n) is 8.52. The Morgan fingerprint density at radius 1 is 1.38 bits per heavy atom. The van der Waals surface area contributed by atoms with Crippen LogP contribution in [0.1, 0.15) is 42.1 Å². The van der Waals surface area contributed by atoms with E-state index in [2.05, 4.69) is 17.9 Å². The lowest BCUT2D eigenvalue weighted by molar-refractivity contribution is 0.122. The topological polar surface area (TPSA) is 75.2 Å². The maximum absolute atomic E-state index is 9.91. The number of hydrogen-bond acceptors (Lipinski definition) is 5. The fraction of sp³-hybridized carbons (Fsp3) is 0.474. The van der Waals surface area contributed by atoms with Crippen LogP contribution in [0.5, 0.6) is 0 Å². The Balaban J connectivity index is 2.33. The largest absolute Gasteiger partial charge is 0.378 e. The van der Waals surface area contributed by atoms with Crippen LogP contribution in [0, 0.1) is 18.3 Å². The van der Waals surface area contributed by atoms with Gasteiger partial charge in [-0.05, 0) is 37.5 Å². The van der Waals surface area contributed by atoms with Crippen LogP contribution in [0.2, 0.25) is 0 Å². The molecule has 0 saturated carbocycles. The molecule has 126 valence electrons. The van der Waals surface area contributed by atoms with Gasteiger partial charge in [-0.25, -0.2) is 4.98 Å². The fourth-order valence-corrected chi connectivity index (χ4v) is 3.59. The van der Waals surface area contributed by atoms with E-state index in [1.807, 2.05) is 26.0 Å². The van der Waals surface area contributed by atoms with E-state index in [0.717, 1.165) is 58.5 Å². The summed E-state index contributed by atoms with van der Waals surface area (Å²) >= 11 is 0. The molecule has 3 rings (SSSR count). The van der Waals surface area contributed by atoms with Gasteiger partial charge in [0.25, 0.3) is 0 Å². The third kappa shape index (κ3) is 2.72. The lowest BCUT2D eigenvalue weighted by atomic mass is 9.91. The van der Waals surface area contributed by atoms with E-state index in [4.69, 9.17) is 15.5 Å². The zero-order chi connectivity index (χ0) is 17.3. The molecule has 1 aliphatic rings. The van der Waals surface area contributed by atoms with Gasteiger partial charge in [-0.1, -0.05) is 13.0 Å². The SMILES string of the molecule is CCc1c(N2CCOCC2)nc2ccc(C)c(C(C)N)c2c1C#N. The Kier molecular flexibility index (Phi) is 4.70. The van der Waals surface area contributed by atoms with Crippen LogP contribution >= 0.6 is 0 Å². The molecular weight excluding hydrogens is 300 g/mol. The summed E-state index contributed by atoms with van der Waals surface area (Å²) in [6.07, 6.45) is 0.769. The minimum atomic E-state index is -0.137. The normalized spacial score (nSPS) is 16.2. The Morgan fingerprint density at radius 3 is 2.67 bits per heavy atom. The average molecular weight is 324 g/mol. The van der Waals surface area contributed by atoms with E-state index in [-0.39, 0.29) is 6.04 Å². The summed E-state index contributed by atoms with van der Waals surface area (Å²) in [7, 11) is 0. The molecule has 5 heteroatoms. The smallest absolute Gasteiger partial charge is 0.133 e. The minimum Gasteiger partial charge on any atom is -0.378 e. The number of ether oxygens (including phenoxy) is 1. The summed E-state index contributed by atoms with van der Waals surface area (Å²) in [5.41, 5.74) is 10.9. The molecule has 2 aromatic rings. The van der Waals surface area contributed by atoms with Crippen LogP contribution in [-0.4, -0.2) is 31.3 Å². The first-order chi connectivity index (χ1) is 11.6. The first kappa shape index (κ1) is 16.7. The molecule has 0 radical (unpaired) electrons. The molecule has 1 aliphatic heterocycles. The van der Waals surface area contributed by atoms with Gasteiger partial charge in [0.05, 0.1) is 24.3 Å². The summed E-state index contributed by atoms with van der Waals surface area (Å²) in [4.78, 5) is 7.16. The molecular formula is C19H24N4O. The van der Waals surface area contributed by atoms with Crippen molar-refractivity contribution < 1.29 is 4.74 Å². The van der Waals surface area contributed by atoms with E-state index in [0.29, 0.717) is 13.2 Å². The number of nitrogens with two attached hydrogens (primary N) is 1. The third-order valence-corrected chi connectivity index (χ3v) is 4.72. The summed E-state index contributed by atoms with van der Waals surface area (Å²) in [5.74, 6) is 0.921. The molecule has 1 saturated heterocycles. The molecule has 1 aromatic carbocycles. The van der Waals surface area contributed by atoms with Gasteiger partial charge in [0.2, 0.25) is 0 Å². The lowest BCUT2D eigenvalue weighted by Crippen LogP contribution is -2.37. The second-order valence-corrected chi connectivity index (χ2v) is 6.33. The highest BCUT2D eigenvalue weighted by molar-refractivity contribution is 5.92. The predicted octanol–water partition coefficient (Wildman–Crippen LogP) is 2.83. The second kappa shape index (κ2) is 6.76.